The van der Waals surface area contributed by atoms with Crippen molar-refractivity contribution in [1.29, 1.82) is 0 Å². The Hall–Kier alpha value is -0.340. The fourth-order valence-corrected chi connectivity index (χ4v) is 7.03. The van der Waals surface area contributed by atoms with Gasteiger partial charge in [0.1, 0.15) is 0 Å². The molecule has 2 heteroatoms. The number of hydrogen-bond donors (Lipinski definition) is 2. The molecule has 0 amide bonds. The Kier molecular flexibility index (Phi) is 3.74. The van der Waals surface area contributed by atoms with Gasteiger partial charge in [-0.05, 0) is 80.5 Å². The van der Waals surface area contributed by atoms with Gasteiger partial charge in [0, 0.05) is 12.0 Å². The average Bonchev–Trinajstić information content (AvgIpc) is 2.87. The summed E-state index contributed by atoms with van der Waals surface area (Å²) in [6.45, 7) is 7.35. The molecule has 0 aliphatic heterocycles. The summed E-state index contributed by atoms with van der Waals surface area (Å²) in [7, 11) is 0. The molecule has 4 aliphatic rings. The molecular formula is C21H35NO. The fraction of sp³-hybridized carbons (Fsp3) is 0.905. The molecule has 4 aliphatic carbocycles. The van der Waals surface area contributed by atoms with Crippen LogP contribution in [0.15, 0.2) is 11.1 Å². The van der Waals surface area contributed by atoms with Crippen LogP contribution in [0.5, 0.6) is 0 Å². The van der Waals surface area contributed by atoms with Crippen molar-refractivity contribution in [1.82, 2.24) is 0 Å². The Bertz CT molecular complexity index is 526. The van der Waals surface area contributed by atoms with Gasteiger partial charge < -0.3 is 10.8 Å². The monoisotopic (exact) mass is 317 g/mol. The fourth-order valence-electron chi connectivity index (χ4n) is 7.03. The lowest BCUT2D eigenvalue weighted by molar-refractivity contribution is -0.0984. The quantitative estimate of drug-likeness (QED) is 0.703. The van der Waals surface area contributed by atoms with Crippen molar-refractivity contribution in [2.45, 2.75) is 90.7 Å². The third-order valence-corrected chi connectivity index (χ3v) is 8.75. The van der Waals surface area contributed by atoms with Gasteiger partial charge in [0.05, 0.1) is 6.10 Å². The van der Waals surface area contributed by atoms with E-state index in [0.29, 0.717) is 34.6 Å². The zero-order chi connectivity index (χ0) is 16.4. The van der Waals surface area contributed by atoms with E-state index in [2.05, 4.69) is 20.8 Å². The molecule has 4 rings (SSSR count). The minimum atomic E-state index is -0.118. The summed E-state index contributed by atoms with van der Waals surface area (Å²) in [5, 5.41) is 11.1. The standard InChI is InChI=1S/C21H35NO/c1-4-20(2)9-8-15-16(20)5-6-17-19(15)18(23)12-13-11-14(22)7-10-21(13,17)3/h13-14,17-19,23H,4-12,22H2,1-3H3/t13?,14-,17?,18-,19?,20+,21-/m0/s1. The van der Waals surface area contributed by atoms with E-state index in [-0.39, 0.29) is 6.10 Å². The Morgan fingerprint density at radius 1 is 1.13 bits per heavy atom. The molecule has 23 heavy (non-hydrogen) atoms. The Morgan fingerprint density at radius 2 is 1.91 bits per heavy atom. The average molecular weight is 318 g/mol. The largest absolute Gasteiger partial charge is 0.392 e. The molecule has 0 bridgehead atoms. The third kappa shape index (κ3) is 2.20. The molecule has 7 atom stereocenters. The van der Waals surface area contributed by atoms with Gasteiger partial charge in [0.25, 0.3) is 0 Å². The Balaban J connectivity index is 1.70. The molecule has 0 aromatic carbocycles. The molecule has 0 saturated heterocycles. The summed E-state index contributed by atoms with van der Waals surface area (Å²) in [5.41, 5.74) is 10.5. The van der Waals surface area contributed by atoms with E-state index in [0.717, 1.165) is 12.8 Å². The molecule has 3 N–H and O–H groups in total. The predicted octanol–water partition coefficient (Wildman–Crippen LogP) is 4.42. The summed E-state index contributed by atoms with van der Waals surface area (Å²) in [4.78, 5) is 0. The Morgan fingerprint density at radius 3 is 2.65 bits per heavy atom. The molecule has 2 saturated carbocycles. The van der Waals surface area contributed by atoms with Crippen LogP contribution in [-0.2, 0) is 0 Å². The lowest BCUT2D eigenvalue weighted by atomic mass is 9.48. The van der Waals surface area contributed by atoms with E-state index in [4.69, 9.17) is 5.73 Å². The van der Waals surface area contributed by atoms with Gasteiger partial charge in [-0.2, -0.15) is 0 Å². The van der Waals surface area contributed by atoms with E-state index in [9.17, 15) is 5.11 Å². The molecule has 0 aromatic rings. The zero-order valence-corrected chi connectivity index (χ0v) is 15.3. The van der Waals surface area contributed by atoms with Crippen molar-refractivity contribution < 1.29 is 5.11 Å². The van der Waals surface area contributed by atoms with Gasteiger partial charge in [-0.15, -0.1) is 0 Å². The first-order valence-electron chi connectivity index (χ1n) is 10.0. The maximum atomic E-state index is 11.1. The molecule has 2 fully saturated rings. The summed E-state index contributed by atoms with van der Waals surface area (Å²) in [5.74, 6) is 1.80. The predicted molar refractivity (Wildman–Crippen MR) is 94.9 cm³/mol. The third-order valence-electron chi connectivity index (χ3n) is 8.75. The normalized spacial score (nSPS) is 52.8. The second-order valence-corrected chi connectivity index (χ2v) is 9.63. The summed E-state index contributed by atoms with van der Waals surface area (Å²) >= 11 is 0. The number of rotatable bonds is 1. The lowest BCUT2D eigenvalue weighted by Crippen LogP contribution is -2.55. The summed E-state index contributed by atoms with van der Waals surface area (Å²) < 4.78 is 0. The van der Waals surface area contributed by atoms with Crippen LogP contribution in [0, 0.1) is 28.6 Å². The number of aliphatic hydroxyl groups excluding tert-OH is 1. The molecule has 0 spiro atoms. The van der Waals surface area contributed by atoms with Gasteiger partial charge in [0.2, 0.25) is 0 Å². The van der Waals surface area contributed by atoms with Crippen LogP contribution in [-0.4, -0.2) is 17.3 Å². The van der Waals surface area contributed by atoms with Crippen molar-refractivity contribution in [3.63, 3.8) is 0 Å². The van der Waals surface area contributed by atoms with Gasteiger partial charge >= 0.3 is 0 Å². The topological polar surface area (TPSA) is 46.2 Å². The number of nitrogens with two attached hydrogens (primary N) is 1. The van der Waals surface area contributed by atoms with E-state index in [1.807, 2.05) is 0 Å². The van der Waals surface area contributed by atoms with Crippen LogP contribution in [0.4, 0.5) is 0 Å². The molecule has 0 radical (unpaired) electrons. The van der Waals surface area contributed by atoms with Crippen molar-refractivity contribution in [2.75, 3.05) is 0 Å². The van der Waals surface area contributed by atoms with Crippen molar-refractivity contribution in [3.8, 4) is 0 Å². The minimum Gasteiger partial charge on any atom is -0.392 e. The van der Waals surface area contributed by atoms with E-state index in [1.165, 1.54) is 44.9 Å². The minimum absolute atomic E-state index is 0.118. The van der Waals surface area contributed by atoms with Crippen LogP contribution in [0.1, 0.15) is 78.6 Å². The lowest BCUT2D eigenvalue weighted by Gasteiger charge is -2.58. The first kappa shape index (κ1) is 16.1. The molecule has 3 unspecified atom stereocenters. The van der Waals surface area contributed by atoms with Gasteiger partial charge in [-0.25, -0.2) is 0 Å². The molecular weight excluding hydrogens is 282 g/mol. The first-order chi connectivity index (χ1) is 10.9. The van der Waals surface area contributed by atoms with E-state index in [1.54, 1.807) is 11.1 Å². The van der Waals surface area contributed by atoms with Crippen molar-refractivity contribution in [2.24, 2.45) is 34.3 Å². The van der Waals surface area contributed by atoms with Crippen LogP contribution in [0.25, 0.3) is 0 Å². The second-order valence-electron chi connectivity index (χ2n) is 9.63. The van der Waals surface area contributed by atoms with E-state index >= 15 is 0 Å². The number of allylic oxidation sites excluding steroid dienone is 1. The first-order valence-corrected chi connectivity index (χ1v) is 10.0. The highest BCUT2D eigenvalue weighted by molar-refractivity contribution is 5.34. The van der Waals surface area contributed by atoms with Gasteiger partial charge in [-0.1, -0.05) is 31.9 Å². The molecule has 2 nitrogen and oxygen atoms in total. The highest BCUT2D eigenvalue weighted by Crippen LogP contribution is 2.63. The molecule has 0 heterocycles. The van der Waals surface area contributed by atoms with Gasteiger partial charge in [0.15, 0.2) is 0 Å². The maximum Gasteiger partial charge on any atom is 0.0611 e. The SMILES string of the molecule is CC[C@]1(C)CCC2=C1CCC1C2[C@@H](O)CC2C[C@@H](N)CC[C@@]21C. The maximum absolute atomic E-state index is 11.1. The molecule has 0 aromatic heterocycles. The highest BCUT2D eigenvalue weighted by Gasteiger charge is 2.56. The number of aliphatic hydroxyl groups is 1. The number of hydrogen-bond acceptors (Lipinski definition) is 2. The number of fused-ring (bicyclic) bond motifs is 4. The van der Waals surface area contributed by atoms with Crippen molar-refractivity contribution in [3.05, 3.63) is 11.1 Å². The highest BCUT2D eigenvalue weighted by atomic mass is 16.3. The Labute approximate surface area is 141 Å². The smallest absolute Gasteiger partial charge is 0.0611 e. The van der Waals surface area contributed by atoms with E-state index < -0.39 is 0 Å². The van der Waals surface area contributed by atoms with Gasteiger partial charge in [-0.3, -0.25) is 0 Å². The zero-order valence-electron chi connectivity index (χ0n) is 15.3. The molecule has 130 valence electrons. The van der Waals surface area contributed by atoms with Crippen LogP contribution in [0.3, 0.4) is 0 Å². The van der Waals surface area contributed by atoms with Crippen LogP contribution >= 0.6 is 0 Å². The summed E-state index contributed by atoms with van der Waals surface area (Å²) in [6.07, 6.45) is 10.9. The van der Waals surface area contributed by atoms with Crippen molar-refractivity contribution >= 4 is 0 Å². The summed E-state index contributed by atoms with van der Waals surface area (Å²) in [6, 6.07) is 0.366. The van der Waals surface area contributed by atoms with Crippen LogP contribution in [0.2, 0.25) is 0 Å². The second kappa shape index (κ2) is 5.33. The van der Waals surface area contributed by atoms with Crippen LogP contribution < -0.4 is 5.73 Å².